The van der Waals surface area contributed by atoms with E-state index in [0.29, 0.717) is 22.1 Å². The summed E-state index contributed by atoms with van der Waals surface area (Å²) in [6, 6.07) is 8.61. The summed E-state index contributed by atoms with van der Waals surface area (Å²) in [7, 11) is 0. The molecule has 1 amide bonds. The van der Waals surface area contributed by atoms with Gasteiger partial charge in [-0.1, -0.05) is 18.2 Å². The quantitative estimate of drug-likeness (QED) is 0.675. The molecule has 7 heteroatoms. The monoisotopic (exact) mass is 354 g/mol. The largest absolute Gasteiger partial charge is 0.322 e. The molecule has 0 spiro atoms. The van der Waals surface area contributed by atoms with Gasteiger partial charge in [-0.05, 0) is 37.9 Å². The lowest BCUT2D eigenvalue weighted by atomic mass is 9.97. The first kappa shape index (κ1) is 16.0. The minimum absolute atomic E-state index is 0.293. The number of hydrogen-bond donors (Lipinski definition) is 3. The number of hydrogen-bond acceptors (Lipinski definition) is 5. The van der Waals surface area contributed by atoms with Gasteiger partial charge in [0.05, 0.1) is 5.56 Å². The Bertz CT molecular complexity index is 972. The van der Waals surface area contributed by atoms with E-state index in [1.54, 1.807) is 6.07 Å². The lowest BCUT2D eigenvalue weighted by Gasteiger charge is -2.20. The number of nitrogens with one attached hydrogen (secondary N) is 3. The van der Waals surface area contributed by atoms with Gasteiger partial charge >= 0.3 is 0 Å². The zero-order valence-corrected chi connectivity index (χ0v) is 14.4. The van der Waals surface area contributed by atoms with Crippen molar-refractivity contribution in [2.45, 2.75) is 18.8 Å². The number of amides is 1. The predicted octanol–water partition coefficient (Wildman–Crippen LogP) is 2.70. The summed E-state index contributed by atoms with van der Waals surface area (Å²) < 4.78 is 0. The maximum absolute atomic E-state index is 12.7. The van der Waals surface area contributed by atoms with Gasteiger partial charge in [0.15, 0.2) is 5.13 Å². The van der Waals surface area contributed by atoms with Gasteiger partial charge in [0.2, 0.25) is 5.56 Å². The number of rotatable bonds is 3. The number of carbonyl (C=O) groups is 1. The van der Waals surface area contributed by atoms with Crippen molar-refractivity contribution >= 4 is 33.3 Å². The topological polar surface area (TPSA) is 86.9 Å². The van der Waals surface area contributed by atoms with E-state index in [1.807, 2.05) is 24.4 Å². The van der Waals surface area contributed by atoms with Crippen LogP contribution < -0.4 is 16.2 Å². The van der Waals surface area contributed by atoms with Crippen LogP contribution in [-0.2, 0) is 0 Å². The number of H-pyrrole nitrogens is 1. The third kappa shape index (κ3) is 3.33. The highest BCUT2D eigenvalue weighted by Crippen LogP contribution is 2.32. The molecule has 1 aromatic carbocycles. The number of carbonyl (C=O) groups excluding carboxylic acids is 1. The Morgan fingerprint density at radius 3 is 2.88 bits per heavy atom. The van der Waals surface area contributed by atoms with Crippen LogP contribution in [0.25, 0.3) is 10.9 Å². The van der Waals surface area contributed by atoms with Crippen LogP contribution >= 0.6 is 11.3 Å². The molecule has 6 nitrogen and oxygen atoms in total. The van der Waals surface area contributed by atoms with Crippen molar-refractivity contribution < 1.29 is 4.79 Å². The molecule has 0 atom stereocenters. The molecule has 0 unspecified atom stereocenters. The zero-order chi connectivity index (χ0) is 17.2. The third-order valence-corrected chi connectivity index (χ3v) is 5.56. The number of fused-ring (bicyclic) bond motifs is 1. The molecule has 2 aromatic heterocycles. The summed E-state index contributed by atoms with van der Waals surface area (Å²) in [6.07, 6.45) is 4.04. The van der Waals surface area contributed by atoms with Crippen LogP contribution in [0.3, 0.4) is 0 Å². The van der Waals surface area contributed by atoms with E-state index in [4.69, 9.17) is 0 Å². The Labute approximate surface area is 148 Å². The fourth-order valence-electron chi connectivity index (χ4n) is 3.20. The van der Waals surface area contributed by atoms with Crippen molar-refractivity contribution in [3.63, 3.8) is 0 Å². The van der Waals surface area contributed by atoms with Crippen molar-refractivity contribution in [3.05, 3.63) is 57.3 Å². The first-order valence-electron chi connectivity index (χ1n) is 8.30. The van der Waals surface area contributed by atoms with Crippen LogP contribution in [0.4, 0.5) is 5.13 Å². The lowest BCUT2D eigenvalue weighted by Crippen LogP contribution is -2.26. The van der Waals surface area contributed by atoms with Gasteiger partial charge < -0.3 is 10.3 Å². The standard InChI is InChI=1S/C18H18N4O2S/c23-16-9-13(12-3-1-2-4-14(12)21-16)17(24)22-18-20-10-15(25-18)11-5-7-19-8-6-11/h1-4,9-11,19H,5-8H2,(H,21,23)(H,20,22,24). The van der Waals surface area contributed by atoms with Gasteiger partial charge in [-0.25, -0.2) is 4.98 Å². The molecule has 0 aliphatic carbocycles. The molecule has 3 heterocycles. The summed E-state index contributed by atoms with van der Waals surface area (Å²) in [4.78, 5) is 32.8. The molecular formula is C18H18N4O2S. The number of benzene rings is 1. The molecule has 1 saturated heterocycles. The molecule has 1 aliphatic heterocycles. The van der Waals surface area contributed by atoms with Gasteiger partial charge in [0, 0.05) is 28.0 Å². The van der Waals surface area contributed by atoms with Crippen molar-refractivity contribution in [2.24, 2.45) is 0 Å². The maximum atomic E-state index is 12.7. The van der Waals surface area contributed by atoms with Crippen molar-refractivity contribution in [3.8, 4) is 0 Å². The van der Waals surface area contributed by atoms with E-state index in [2.05, 4.69) is 20.6 Å². The van der Waals surface area contributed by atoms with E-state index in [-0.39, 0.29) is 11.5 Å². The second-order valence-electron chi connectivity index (χ2n) is 6.14. The number of thiazole rings is 1. The summed E-state index contributed by atoms with van der Waals surface area (Å²) >= 11 is 1.52. The number of anilines is 1. The second-order valence-corrected chi connectivity index (χ2v) is 7.20. The molecule has 25 heavy (non-hydrogen) atoms. The fraction of sp³-hybridized carbons (Fsp3) is 0.278. The first-order valence-corrected chi connectivity index (χ1v) is 9.12. The van der Waals surface area contributed by atoms with Gasteiger partial charge in [0.1, 0.15) is 0 Å². The number of pyridine rings is 1. The number of piperidine rings is 1. The van der Waals surface area contributed by atoms with Crippen LogP contribution in [0.5, 0.6) is 0 Å². The van der Waals surface area contributed by atoms with Crippen LogP contribution in [0.15, 0.2) is 41.3 Å². The molecule has 4 rings (SSSR count). The Hall–Kier alpha value is -2.51. The van der Waals surface area contributed by atoms with Gasteiger partial charge in [0.25, 0.3) is 5.91 Å². The van der Waals surface area contributed by atoms with E-state index in [0.717, 1.165) is 31.3 Å². The van der Waals surface area contributed by atoms with Crippen LogP contribution in [-0.4, -0.2) is 29.0 Å². The van der Waals surface area contributed by atoms with Gasteiger partial charge in [-0.3, -0.25) is 14.9 Å². The molecule has 1 aliphatic rings. The third-order valence-electron chi connectivity index (χ3n) is 4.48. The normalized spacial score (nSPS) is 15.4. The summed E-state index contributed by atoms with van der Waals surface area (Å²) in [5.74, 6) is 0.193. The van der Waals surface area contributed by atoms with Crippen LogP contribution in [0, 0.1) is 0 Å². The molecule has 3 N–H and O–H groups in total. The van der Waals surface area contributed by atoms with Crippen LogP contribution in [0.1, 0.15) is 34.0 Å². The van der Waals surface area contributed by atoms with Gasteiger partial charge in [-0.15, -0.1) is 11.3 Å². The minimum atomic E-state index is -0.312. The molecular weight excluding hydrogens is 336 g/mol. The first-order chi connectivity index (χ1) is 12.2. The number of para-hydroxylation sites is 1. The Morgan fingerprint density at radius 2 is 2.04 bits per heavy atom. The SMILES string of the molecule is O=C(Nc1ncc(C2CCNCC2)s1)c1cc(=O)[nH]c2ccccc12. The van der Waals surface area contributed by atoms with E-state index in [9.17, 15) is 9.59 Å². The number of aromatic nitrogens is 2. The van der Waals surface area contributed by atoms with Gasteiger partial charge in [-0.2, -0.15) is 0 Å². The average Bonchev–Trinajstić information content (AvgIpc) is 3.10. The molecule has 128 valence electrons. The maximum Gasteiger partial charge on any atom is 0.258 e. The summed E-state index contributed by atoms with van der Waals surface area (Å²) in [6.45, 7) is 2.03. The summed E-state index contributed by atoms with van der Waals surface area (Å²) in [5.41, 5.74) is 0.714. The molecule has 1 fully saturated rings. The molecule has 0 bridgehead atoms. The van der Waals surface area contributed by atoms with Crippen molar-refractivity contribution in [2.75, 3.05) is 18.4 Å². The second kappa shape index (κ2) is 6.78. The minimum Gasteiger partial charge on any atom is -0.322 e. The molecule has 0 saturated carbocycles. The van der Waals surface area contributed by atoms with E-state index in [1.165, 1.54) is 22.3 Å². The molecule has 3 aromatic rings. The molecule has 0 radical (unpaired) electrons. The lowest BCUT2D eigenvalue weighted by molar-refractivity contribution is 0.102. The Morgan fingerprint density at radius 1 is 1.24 bits per heavy atom. The highest BCUT2D eigenvalue weighted by Gasteiger charge is 2.19. The van der Waals surface area contributed by atoms with E-state index >= 15 is 0 Å². The van der Waals surface area contributed by atoms with E-state index < -0.39 is 0 Å². The predicted molar refractivity (Wildman–Crippen MR) is 99.5 cm³/mol. The Kier molecular flexibility index (Phi) is 4.33. The fourth-order valence-corrected chi connectivity index (χ4v) is 4.18. The Balaban J connectivity index is 1.58. The highest BCUT2D eigenvalue weighted by molar-refractivity contribution is 7.15. The zero-order valence-electron chi connectivity index (χ0n) is 13.5. The average molecular weight is 354 g/mol. The number of aromatic amines is 1. The van der Waals surface area contributed by atoms with Crippen molar-refractivity contribution in [1.82, 2.24) is 15.3 Å². The van der Waals surface area contributed by atoms with Crippen molar-refractivity contribution in [1.29, 1.82) is 0 Å². The van der Waals surface area contributed by atoms with Crippen LogP contribution in [0.2, 0.25) is 0 Å². The smallest absolute Gasteiger partial charge is 0.258 e. The summed E-state index contributed by atoms with van der Waals surface area (Å²) in [5, 5.41) is 7.48. The number of nitrogens with zero attached hydrogens (tertiary/aromatic N) is 1. The highest BCUT2D eigenvalue weighted by atomic mass is 32.1.